The van der Waals surface area contributed by atoms with Crippen molar-refractivity contribution in [2.45, 2.75) is 6.61 Å². The maximum absolute atomic E-state index is 8.88. The minimum absolute atomic E-state index is 0.196. The maximum Gasteiger partial charge on any atom is 0.241 e. The minimum Gasteiger partial charge on any atom is -0.437 e. The molecule has 0 aliphatic rings. The van der Waals surface area contributed by atoms with Crippen LogP contribution in [0.4, 0.5) is 0 Å². The Balaban J connectivity index is 2.19. The van der Waals surface area contributed by atoms with Crippen molar-refractivity contribution in [1.82, 2.24) is 15.4 Å². The van der Waals surface area contributed by atoms with Crippen LogP contribution < -0.4 is 4.74 Å². The zero-order valence-corrected chi connectivity index (χ0v) is 7.34. The Morgan fingerprint density at radius 1 is 1.29 bits per heavy atom. The van der Waals surface area contributed by atoms with Crippen LogP contribution in [0.5, 0.6) is 11.6 Å². The first-order chi connectivity index (χ1) is 6.90. The summed E-state index contributed by atoms with van der Waals surface area (Å²) in [6.07, 6.45) is 0. The van der Waals surface area contributed by atoms with Gasteiger partial charge in [-0.3, -0.25) is 0 Å². The summed E-state index contributed by atoms with van der Waals surface area (Å²) in [5.41, 5.74) is 0.397. The van der Waals surface area contributed by atoms with Crippen LogP contribution in [0.1, 0.15) is 5.69 Å². The number of benzene rings is 1. The summed E-state index contributed by atoms with van der Waals surface area (Å²) in [6.45, 7) is -0.196. The van der Waals surface area contributed by atoms with E-state index >= 15 is 0 Å². The molecule has 0 bridgehead atoms. The van der Waals surface area contributed by atoms with Crippen molar-refractivity contribution in [3.8, 4) is 11.6 Å². The highest BCUT2D eigenvalue weighted by Crippen LogP contribution is 2.20. The number of ether oxygens (including phenoxy) is 1. The van der Waals surface area contributed by atoms with Gasteiger partial charge in [-0.2, -0.15) is 0 Å². The molecule has 0 amide bonds. The van der Waals surface area contributed by atoms with E-state index in [1.807, 2.05) is 30.3 Å². The second kappa shape index (κ2) is 3.89. The molecule has 2 rings (SSSR count). The lowest BCUT2D eigenvalue weighted by Crippen LogP contribution is -1.90. The summed E-state index contributed by atoms with van der Waals surface area (Å²) in [4.78, 5) is 0. The third kappa shape index (κ3) is 1.72. The van der Waals surface area contributed by atoms with Crippen molar-refractivity contribution in [3.05, 3.63) is 36.0 Å². The summed E-state index contributed by atoms with van der Waals surface area (Å²) in [6, 6.07) is 9.23. The summed E-state index contributed by atoms with van der Waals surface area (Å²) in [5.74, 6) is 1.05. The topological polar surface area (TPSA) is 71.0 Å². The molecule has 72 valence electrons. The molecule has 1 aromatic heterocycles. The summed E-state index contributed by atoms with van der Waals surface area (Å²) < 4.78 is 5.40. The van der Waals surface area contributed by atoms with E-state index < -0.39 is 0 Å². The van der Waals surface area contributed by atoms with E-state index in [-0.39, 0.29) is 6.61 Å². The van der Waals surface area contributed by atoms with Crippen LogP contribution in [0, 0.1) is 0 Å². The van der Waals surface area contributed by atoms with Crippen LogP contribution in [0.2, 0.25) is 0 Å². The molecule has 0 saturated heterocycles. The van der Waals surface area contributed by atoms with Gasteiger partial charge >= 0.3 is 0 Å². The monoisotopic (exact) mass is 191 g/mol. The summed E-state index contributed by atoms with van der Waals surface area (Å²) >= 11 is 0. The quantitative estimate of drug-likeness (QED) is 0.761. The Bertz CT molecular complexity index is 399. The second-order valence-electron chi connectivity index (χ2n) is 2.66. The van der Waals surface area contributed by atoms with E-state index in [4.69, 9.17) is 9.84 Å². The first-order valence-electron chi connectivity index (χ1n) is 4.14. The molecule has 0 aliphatic heterocycles. The van der Waals surface area contributed by atoms with Crippen LogP contribution >= 0.6 is 0 Å². The van der Waals surface area contributed by atoms with E-state index in [2.05, 4.69) is 15.4 Å². The van der Waals surface area contributed by atoms with Crippen LogP contribution in [0.15, 0.2) is 30.3 Å². The van der Waals surface area contributed by atoms with Gasteiger partial charge in [-0.05, 0) is 12.1 Å². The summed E-state index contributed by atoms with van der Waals surface area (Å²) in [5, 5.41) is 18.6. The molecule has 2 N–H and O–H groups in total. The number of para-hydroxylation sites is 1. The van der Waals surface area contributed by atoms with Gasteiger partial charge in [-0.15, -0.1) is 5.10 Å². The number of aliphatic hydroxyl groups excluding tert-OH is 1. The number of nitrogens with one attached hydrogen (secondary N) is 1. The van der Waals surface area contributed by atoms with Crippen molar-refractivity contribution in [2.75, 3.05) is 0 Å². The predicted molar refractivity (Wildman–Crippen MR) is 48.8 cm³/mol. The number of aromatic amines is 1. The van der Waals surface area contributed by atoms with E-state index in [1.165, 1.54) is 0 Å². The van der Waals surface area contributed by atoms with Gasteiger partial charge < -0.3 is 9.84 Å². The third-order valence-electron chi connectivity index (χ3n) is 1.70. The predicted octanol–water partition coefficient (Wildman–Crippen LogP) is 1.09. The molecule has 5 nitrogen and oxygen atoms in total. The molecule has 0 radical (unpaired) electrons. The maximum atomic E-state index is 8.88. The highest BCUT2D eigenvalue weighted by atomic mass is 16.5. The van der Waals surface area contributed by atoms with Crippen molar-refractivity contribution in [2.24, 2.45) is 0 Å². The van der Waals surface area contributed by atoms with Gasteiger partial charge in [0.25, 0.3) is 0 Å². The van der Waals surface area contributed by atoms with E-state index in [1.54, 1.807) is 0 Å². The molecular formula is C9H9N3O2. The lowest BCUT2D eigenvalue weighted by molar-refractivity contribution is 0.271. The molecule has 5 heteroatoms. The SMILES string of the molecule is OCc1nn[nH]c1Oc1ccccc1. The molecule has 0 unspecified atom stereocenters. The lowest BCUT2D eigenvalue weighted by Gasteiger charge is -2.02. The van der Waals surface area contributed by atoms with E-state index in [9.17, 15) is 0 Å². The first kappa shape index (κ1) is 8.71. The molecule has 0 spiro atoms. The van der Waals surface area contributed by atoms with Gasteiger partial charge in [-0.25, -0.2) is 5.10 Å². The number of aromatic nitrogens is 3. The Morgan fingerprint density at radius 2 is 2.07 bits per heavy atom. The molecule has 0 atom stereocenters. The fourth-order valence-corrected chi connectivity index (χ4v) is 1.03. The Hall–Kier alpha value is -1.88. The van der Waals surface area contributed by atoms with Gasteiger partial charge in [0.15, 0.2) is 5.69 Å². The van der Waals surface area contributed by atoms with Gasteiger partial charge in [-0.1, -0.05) is 23.4 Å². The number of hydrogen-bond acceptors (Lipinski definition) is 4. The van der Waals surface area contributed by atoms with Crippen molar-refractivity contribution in [1.29, 1.82) is 0 Å². The fraction of sp³-hybridized carbons (Fsp3) is 0.111. The van der Waals surface area contributed by atoms with Gasteiger partial charge in [0, 0.05) is 0 Å². The molecule has 0 saturated carbocycles. The number of rotatable bonds is 3. The normalized spacial score (nSPS) is 10.1. The fourth-order valence-electron chi connectivity index (χ4n) is 1.03. The lowest BCUT2D eigenvalue weighted by atomic mass is 10.3. The van der Waals surface area contributed by atoms with Crippen LogP contribution in [0.3, 0.4) is 0 Å². The summed E-state index contributed by atoms with van der Waals surface area (Å²) in [7, 11) is 0. The number of hydrogen-bond donors (Lipinski definition) is 2. The largest absolute Gasteiger partial charge is 0.437 e. The average Bonchev–Trinajstić information content (AvgIpc) is 2.67. The highest BCUT2D eigenvalue weighted by molar-refractivity contribution is 5.27. The van der Waals surface area contributed by atoms with E-state index in [0.717, 1.165) is 0 Å². The minimum atomic E-state index is -0.196. The molecule has 14 heavy (non-hydrogen) atoms. The Labute approximate surface area is 80.3 Å². The van der Waals surface area contributed by atoms with Crippen molar-refractivity contribution < 1.29 is 9.84 Å². The molecular weight excluding hydrogens is 182 g/mol. The molecule has 1 aromatic carbocycles. The molecule has 0 aliphatic carbocycles. The van der Waals surface area contributed by atoms with Crippen molar-refractivity contribution >= 4 is 0 Å². The van der Waals surface area contributed by atoms with Gasteiger partial charge in [0.1, 0.15) is 5.75 Å². The van der Waals surface area contributed by atoms with Gasteiger partial charge in [0.05, 0.1) is 6.61 Å². The Kier molecular flexibility index (Phi) is 2.42. The van der Waals surface area contributed by atoms with Gasteiger partial charge in [0.2, 0.25) is 5.88 Å². The van der Waals surface area contributed by atoms with E-state index in [0.29, 0.717) is 17.3 Å². The van der Waals surface area contributed by atoms with Crippen LogP contribution in [-0.4, -0.2) is 20.5 Å². The number of nitrogens with zero attached hydrogens (tertiary/aromatic N) is 2. The molecule has 0 fully saturated rings. The second-order valence-corrected chi connectivity index (χ2v) is 2.66. The zero-order valence-electron chi connectivity index (χ0n) is 7.34. The number of aliphatic hydroxyl groups is 1. The third-order valence-corrected chi connectivity index (χ3v) is 1.70. The smallest absolute Gasteiger partial charge is 0.241 e. The molecule has 2 aromatic rings. The van der Waals surface area contributed by atoms with Crippen molar-refractivity contribution in [3.63, 3.8) is 0 Å². The zero-order chi connectivity index (χ0) is 9.80. The van der Waals surface area contributed by atoms with Crippen LogP contribution in [-0.2, 0) is 6.61 Å². The standard InChI is InChI=1S/C9H9N3O2/c13-6-8-9(11-12-10-8)14-7-4-2-1-3-5-7/h1-5,13H,6H2,(H,10,11,12). The molecule has 1 heterocycles. The Morgan fingerprint density at radius 3 is 2.79 bits per heavy atom. The van der Waals surface area contributed by atoms with Crippen LogP contribution in [0.25, 0.3) is 0 Å². The number of H-pyrrole nitrogens is 1. The first-order valence-corrected chi connectivity index (χ1v) is 4.14. The average molecular weight is 191 g/mol. The highest BCUT2D eigenvalue weighted by Gasteiger charge is 2.07.